The molecule has 2 nitrogen and oxygen atoms in total. The van der Waals surface area contributed by atoms with Crippen LogP contribution in [0, 0.1) is 0 Å². The summed E-state index contributed by atoms with van der Waals surface area (Å²) in [7, 11) is 0. The van der Waals surface area contributed by atoms with Gasteiger partial charge in [-0.25, -0.2) is 0 Å². The molecule has 1 fully saturated rings. The second kappa shape index (κ2) is 3.58. The van der Waals surface area contributed by atoms with E-state index in [2.05, 4.69) is 0 Å². The molecule has 5 heteroatoms. The van der Waals surface area contributed by atoms with E-state index in [1.807, 2.05) is 4.90 Å². The highest BCUT2D eigenvalue weighted by molar-refractivity contribution is 6.70. The van der Waals surface area contributed by atoms with Crippen molar-refractivity contribution >= 4 is 40.6 Å². The lowest BCUT2D eigenvalue weighted by Crippen LogP contribution is -2.49. The van der Waals surface area contributed by atoms with E-state index < -0.39 is 4.33 Å². The Hall–Kier alpha value is 0.0800. The number of carbonyl (C=O) groups excluding carboxylic acids is 1. The topological polar surface area (TPSA) is 20.3 Å². The van der Waals surface area contributed by atoms with Crippen LogP contribution < -0.4 is 0 Å². The second-order valence-corrected chi connectivity index (χ2v) is 5.32. The highest BCUT2D eigenvalue weighted by Gasteiger charge is 2.53. The lowest BCUT2D eigenvalue weighted by molar-refractivity contribution is -0.117. The summed E-state index contributed by atoms with van der Waals surface area (Å²) in [6, 6.07) is 0. The van der Waals surface area contributed by atoms with Crippen molar-refractivity contribution in [3.63, 3.8) is 0 Å². The second-order valence-electron chi connectivity index (χ2n) is 3.61. The van der Waals surface area contributed by atoms with Gasteiger partial charge >= 0.3 is 0 Å². The van der Waals surface area contributed by atoms with Crippen LogP contribution in [-0.4, -0.2) is 28.1 Å². The highest BCUT2D eigenvalue weighted by Crippen LogP contribution is 2.48. The van der Waals surface area contributed by atoms with E-state index in [1.165, 1.54) is 6.42 Å². The van der Waals surface area contributed by atoms with Crippen molar-refractivity contribution in [2.75, 3.05) is 13.1 Å². The zero-order valence-corrected chi connectivity index (χ0v) is 9.79. The average molecular weight is 255 g/mol. The van der Waals surface area contributed by atoms with Gasteiger partial charge in [0.15, 0.2) is 0 Å². The summed E-state index contributed by atoms with van der Waals surface area (Å²) in [5, 5.41) is 0.205. The fourth-order valence-electron chi connectivity index (χ4n) is 1.88. The molecule has 1 aliphatic carbocycles. The largest absolute Gasteiger partial charge is 0.371 e. The fourth-order valence-corrected chi connectivity index (χ4v) is 3.10. The van der Waals surface area contributed by atoms with Crippen LogP contribution in [0.25, 0.3) is 0 Å². The summed E-state index contributed by atoms with van der Waals surface area (Å²) in [5.74, 6) is -0.372. The number of carbonyl (C=O) groups is 1. The Kier molecular flexibility index (Phi) is 2.71. The Balaban J connectivity index is 2.22. The van der Waals surface area contributed by atoms with Crippen LogP contribution in [-0.2, 0) is 4.79 Å². The molecule has 0 saturated carbocycles. The zero-order valence-electron chi connectivity index (χ0n) is 7.52. The predicted molar refractivity (Wildman–Crippen MR) is 57.7 cm³/mol. The first-order chi connectivity index (χ1) is 6.55. The van der Waals surface area contributed by atoms with Crippen molar-refractivity contribution in [2.45, 2.75) is 23.6 Å². The average Bonchev–Trinajstić information content (AvgIpc) is 2.18. The minimum absolute atomic E-state index is 0.205. The van der Waals surface area contributed by atoms with E-state index in [9.17, 15) is 4.79 Å². The molecule has 0 unspecified atom stereocenters. The van der Waals surface area contributed by atoms with Crippen molar-refractivity contribution < 1.29 is 4.79 Å². The van der Waals surface area contributed by atoms with E-state index in [0.29, 0.717) is 5.70 Å². The standard InChI is InChI=1S/C9H10Cl3NO/c10-6-7(9(11,12)8(6)14)13-4-2-1-3-5-13/h1-5H2. The molecule has 1 aliphatic heterocycles. The number of hydrogen-bond acceptors (Lipinski definition) is 2. The maximum absolute atomic E-state index is 11.3. The molecule has 0 N–H and O–H groups in total. The third kappa shape index (κ3) is 1.44. The number of nitrogens with zero attached hydrogens (tertiary/aromatic N) is 1. The number of Topliss-reactive ketones (excluding diaryl/α,β-unsaturated/α-hetero) is 1. The zero-order chi connectivity index (χ0) is 10.3. The number of likely N-dealkylation sites (tertiary alicyclic amines) is 1. The number of rotatable bonds is 1. The van der Waals surface area contributed by atoms with Crippen LogP contribution in [0.2, 0.25) is 0 Å². The normalized spacial score (nSPS) is 26.5. The van der Waals surface area contributed by atoms with Gasteiger partial charge in [-0.2, -0.15) is 0 Å². The van der Waals surface area contributed by atoms with Gasteiger partial charge in [0.2, 0.25) is 10.1 Å². The van der Waals surface area contributed by atoms with Gasteiger partial charge in [0.1, 0.15) is 5.03 Å². The molecule has 1 saturated heterocycles. The van der Waals surface area contributed by atoms with Gasteiger partial charge in [-0.1, -0.05) is 34.8 Å². The molecule has 2 rings (SSSR count). The van der Waals surface area contributed by atoms with Gasteiger partial charge in [0.05, 0.1) is 5.70 Å². The number of ketones is 1. The minimum atomic E-state index is -1.39. The van der Waals surface area contributed by atoms with Gasteiger partial charge in [-0.05, 0) is 19.3 Å². The van der Waals surface area contributed by atoms with Gasteiger partial charge < -0.3 is 4.90 Å². The molecule has 1 heterocycles. The van der Waals surface area contributed by atoms with Gasteiger partial charge in [-0.15, -0.1) is 0 Å². The molecule has 0 atom stereocenters. The van der Waals surface area contributed by atoms with Crippen LogP contribution >= 0.6 is 34.8 Å². The maximum Gasteiger partial charge on any atom is 0.222 e. The molecule has 78 valence electrons. The van der Waals surface area contributed by atoms with Gasteiger partial charge in [-0.3, -0.25) is 4.79 Å². The Bertz CT molecular complexity index is 305. The first-order valence-corrected chi connectivity index (χ1v) is 5.76. The van der Waals surface area contributed by atoms with Crippen LogP contribution in [0.4, 0.5) is 0 Å². The molecule has 0 spiro atoms. The molecule has 0 radical (unpaired) electrons. The van der Waals surface area contributed by atoms with Crippen molar-refractivity contribution in [1.82, 2.24) is 4.90 Å². The summed E-state index contributed by atoms with van der Waals surface area (Å²) in [4.78, 5) is 13.3. The first-order valence-electron chi connectivity index (χ1n) is 4.63. The van der Waals surface area contributed by atoms with Gasteiger partial charge in [0.25, 0.3) is 0 Å². The smallest absolute Gasteiger partial charge is 0.222 e. The minimum Gasteiger partial charge on any atom is -0.371 e. The molecule has 14 heavy (non-hydrogen) atoms. The third-order valence-corrected chi connectivity index (χ3v) is 3.71. The van der Waals surface area contributed by atoms with E-state index in [1.54, 1.807) is 0 Å². The summed E-state index contributed by atoms with van der Waals surface area (Å²) < 4.78 is -1.39. The van der Waals surface area contributed by atoms with Crippen molar-refractivity contribution in [3.8, 4) is 0 Å². The third-order valence-electron chi connectivity index (χ3n) is 2.66. The monoisotopic (exact) mass is 253 g/mol. The summed E-state index contributed by atoms with van der Waals surface area (Å²) >= 11 is 17.6. The van der Waals surface area contributed by atoms with Crippen molar-refractivity contribution in [1.29, 1.82) is 0 Å². The lowest BCUT2D eigenvalue weighted by Gasteiger charge is -2.41. The molecule has 0 amide bonds. The maximum atomic E-state index is 11.3. The number of alkyl halides is 2. The van der Waals surface area contributed by atoms with E-state index in [4.69, 9.17) is 34.8 Å². The van der Waals surface area contributed by atoms with E-state index in [-0.39, 0.29) is 10.8 Å². The first kappa shape index (κ1) is 10.6. The highest BCUT2D eigenvalue weighted by atomic mass is 35.5. The summed E-state index contributed by atoms with van der Waals surface area (Å²) in [6.45, 7) is 1.78. The molecular weight excluding hydrogens is 244 g/mol. The van der Waals surface area contributed by atoms with E-state index in [0.717, 1.165) is 25.9 Å². The number of hydrogen-bond donors (Lipinski definition) is 0. The summed E-state index contributed by atoms with van der Waals surface area (Å²) in [5.41, 5.74) is 0.604. The van der Waals surface area contributed by atoms with Crippen molar-refractivity contribution in [2.24, 2.45) is 0 Å². The predicted octanol–water partition coefficient (Wildman–Crippen LogP) is 2.68. The van der Waals surface area contributed by atoms with Crippen LogP contribution in [0.1, 0.15) is 19.3 Å². The molecule has 2 aliphatic rings. The Labute approximate surface area is 97.8 Å². The molecule has 0 bridgehead atoms. The van der Waals surface area contributed by atoms with Crippen LogP contribution in [0.5, 0.6) is 0 Å². The summed E-state index contributed by atoms with van der Waals surface area (Å²) in [6.07, 6.45) is 3.42. The molecule has 0 aromatic rings. The van der Waals surface area contributed by atoms with Crippen LogP contribution in [0.3, 0.4) is 0 Å². The van der Waals surface area contributed by atoms with E-state index >= 15 is 0 Å². The number of allylic oxidation sites excluding steroid dienone is 2. The number of halogens is 3. The quantitative estimate of drug-likeness (QED) is 0.671. The molecule has 0 aromatic heterocycles. The Morgan fingerprint density at radius 3 is 2.21 bits per heavy atom. The molecular formula is C9H10Cl3NO. The van der Waals surface area contributed by atoms with Crippen molar-refractivity contribution in [3.05, 3.63) is 10.7 Å². The lowest BCUT2D eigenvalue weighted by atomic mass is 9.98. The molecule has 0 aromatic carbocycles. The fraction of sp³-hybridized carbons (Fsp3) is 0.667. The SMILES string of the molecule is O=C1C(Cl)=C(N2CCCCC2)C1(Cl)Cl. The van der Waals surface area contributed by atoms with Gasteiger partial charge in [0, 0.05) is 13.1 Å². The van der Waals surface area contributed by atoms with Crippen LogP contribution in [0.15, 0.2) is 10.7 Å². The Morgan fingerprint density at radius 2 is 1.71 bits per heavy atom. The number of piperidine rings is 1. The Morgan fingerprint density at radius 1 is 1.14 bits per heavy atom.